The molecule has 0 aliphatic rings. The van der Waals surface area contributed by atoms with Crippen LogP contribution in [0.3, 0.4) is 0 Å². The van der Waals surface area contributed by atoms with Gasteiger partial charge in [-0.15, -0.1) is 6.58 Å². The first kappa shape index (κ1) is 14.6. The Morgan fingerprint density at radius 3 is 2.89 bits per heavy atom. The Bertz CT molecular complexity index is 379. The molecular formula is C14H22FN3. The SMILES string of the molecule is C=CCN(CCC)c1ncc(F)cc1CNCC. The molecule has 18 heavy (non-hydrogen) atoms. The molecule has 100 valence electrons. The first-order valence-electron chi connectivity index (χ1n) is 6.43. The largest absolute Gasteiger partial charge is 0.353 e. The molecule has 0 saturated heterocycles. The molecule has 0 atom stereocenters. The van der Waals surface area contributed by atoms with E-state index in [9.17, 15) is 4.39 Å². The molecule has 0 radical (unpaired) electrons. The molecule has 3 nitrogen and oxygen atoms in total. The van der Waals surface area contributed by atoms with Crippen molar-refractivity contribution in [1.82, 2.24) is 10.3 Å². The van der Waals surface area contributed by atoms with Crippen LogP contribution in [0.2, 0.25) is 0 Å². The summed E-state index contributed by atoms with van der Waals surface area (Å²) in [5.74, 6) is 0.556. The lowest BCUT2D eigenvalue weighted by Gasteiger charge is -2.24. The van der Waals surface area contributed by atoms with Gasteiger partial charge < -0.3 is 10.2 Å². The molecule has 0 fully saturated rings. The van der Waals surface area contributed by atoms with Gasteiger partial charge in [0, 0.05) is 25.2 Å². The highest BCUT2D eigenvalue weighted by Crippen LogP contribution is 2.19. The topological polar surface area (TPSA) is 28.2 Å². The van der Waals surface area contributed by atoms with Crippen molar-refractivity contribution < 1.29 is 4.39 Å². The van der Waals surface area contributed by atoms with Gasteiger partial charge in [0.2, 0.25) is 0 Å². The van der Waals surface area contributed by atoms with Gasteiger partial charge in [0.15, 0.2) is 0 Å². The van der Waals surface area contributed by atoms with Crippen molar-refractivity contribution in [2.75, 3.05) is 24.5 Å². The lowest BCUT2D eigenvalue weighted by atomic mass is 10.2. The van der Waals surface area contributed by atoms with Crippen LogP contribution in [0.15, 0.2) is 24.9 Å². The molecule has 0 unspecified atom stereocenters. The number of nitrogens with zero attached hydrogens (tertiary/aromatic N) is 2. The number of nitrogens with one attached hydrogen (secondary N) is 1. The normalized spacial score (nSPS) is 10.4. The van der Waals surface area contributed by atoms with E-state index in [-0.39, 0.29) is 5.82 Å². The molecule has 0 spiro atoms. The molecule has 0 aliphatic heterocycles. The van der Waals surface area contributed by atoms with Gasteiger partial charge in [-0.2, -0.15) is 0 Å². The van der Waals surface area contributed by atoms with E-state index in [1.165, 1.54) is 6.20 Å². The third kappa shape index (κ3) is 4.11. The summed E-state index contributed by atoms with van der Waals surface area (Å²) in [6, 6.07) is 1.55. The van der Waals surface area contributed by atoms with Gasteiger partial charge in [-0.1, -0.05) is 19.9 Å². The van der Waals surface area contributed by atoms with E-state index in [1.54, 1.807) is 6.07 Å². The lowest BCUT2D eigenvalue weighted by Crippen LogP contribution is -2.27. The number of hydrogen-bond donors (Lipinski definition) is 1. The third-order valence-corrected chi connectivity index (χ3v) is 2.62. The van der Waals surface area contributed by atoms with Crippen LogP contribution in [0.1, 0.15) is 25.8 Å². The van der Waals surface area contributed by atoms with Crippen molar-refractivity contribution in [1.29, 1.82) is 0 Å². The van der Waals surface area contributed by atoms with Crippen LogP contribution in [-0.2, 0) is 6.54 Å². The van der Waals surface area contributed by atoms with Crippen molar-refractivity contribution in [3.05, 3.63) is 36.3 Å². The van der Waals surface area contributed by atoms with E-state index in [0.29, 0.717) is 6.54 Å². The van der Waals surface area contributed by atoms with Gasteiger partial charge in [0.25, 0.3) is 0 Å². The molecule has 1 rings (SSSR count). The molecule has 1 N–H and O–H groups in total. The fraction of sp³-hybridized carbons (Fsp3) is 0.500. The van der Waals surface area contributed by atoms with E-state index in [0.717, 1.165) is 37.4 Å². The minimum atomic E-state index is -0.290. The smallest absolute Gasteiger partial charge is 0.141 e. The standard InChI is InChI=1S/C14H22FN3/c1-4-7-18(8-5-2)14-12(10-16-6-3)9-13(15)11-17-14/h4,9,11,16H,1,5-8,10H2,2-3H3. The predicted molar refractivity (Wildman–Crippen MR) is 74.3 cm³/mol. The van der Waals surface area contributed by atoms with Crippen molar-refractivity contribution in [2.45, 2.75) is 26.8 Å². The third-order valence-electron chi connectivity index (χ3n) is 2.62. The maximum absolute atomic E-state index is 13.3. The average Bonchev–Trinajstić information content (AvgIpc) is 2.36. The number of hydrogen-bond acceptors (Lipinski definition) is 3. The van der Waals surface area contributed by atoms with Crippen LogP contribution in [0.25, 0.3) is 0 Å². The van der Waals surface area contributed by atoms with Gasteiger partial charge in [-0.05, 0) is 19.0 Å². The van der Waals surface area contributed by atoms with Gasteiger partial charge >= 0.3 is 0 Å². The van der Waals surface area contributed by atoms with Crippen molar-refractivity contribution in [3.63, 3.8) is 0 Å². The fourth-order valence-electron chi connectivity index (χ4n) is 1.86. The molecule has 0 aromatic carbocycles. The molecule has 0 amide bonds. The van der Waals surface area contributed by atoms with Gasteiger partial charge in [0.1, 0.15) is 11.6 Å². The number of halogens is 1. The van der Waals surface area contributed by atoms with Crippen LogP contribution in [-0.4, -0.2) is 24.6 Å². The zero-order chi connectivity index (χ0) is 13.4. The molecule has 1 heterocycles. The van der Waals surface area contributed by atoms with Crippen molar-refractivity contribution in [3.8, 4) is 0 Å². The summed E-state index contributed by atoms with van der Waals surface area (Å²) in [6.45, 7) is 11.0. The van der Waals surface area contributed by atoms with Gasteiger partial charge in [-0.3, -0.25) is 0 Å². The van der Waals surface area contributed by atoms with E-state index in [4.69, 9.17) is 0 Å². The van der Waals surface area contributed by atoms with E-state index in [2.05, 4.69) is 28.7 Å². The first-order chi connectivity index (χ1) is 8.72. The van der Waals surface area contributed by atoms with Crippen molar-refractivity contribution >= 4 is 5.82 Å². The summed E-state index contributed by atoms with van der Waals surface area (Å²) in [7, 11) is 0. The summed E-state index contributed by atoms with van der Waals surface area (Å²) >= 11 is 0. The number of pyridine rings is 1. The van der Waals surface area contributed by atoms with Crippen LogP contribution in [0.4, 0.5) is 10.2 Å². The average molecular weight is 251 g/mol. The molecule has 0 saturated carbocycles. The highest BCUT2D eigenvalue weighted by atomic mass is 19.1. The van der Waals surface area contributed by atoms with Crippen LogP contribution in [0, 0.1) is 5.82 Å². The molecule has 0 aliphatic carbocycles. The monoisotopic (exact) mass is 251 g/mol. The van der Waals surface area contributed by atoms with E-state index >= 15 is 0 Å². The minimum Gasteiger partial charge on any atom is -0.353 e. The summed E-state index contributed by atoms with van der Waals surface area (Å²) in [4.78, 5) is 6.36. The summed E-state index contributed by atoms with van der Waals surface area (Å²) in [5.41, 5.74) is 0.896. The predicted octanol–water partition coefficient (Wildman–Crippen LogP) is 2.73. The van der Waals surface area contributed by atoms with Crippen molar-refractivity contribution in [2.24, 2.45) is 0 Å². The lowest BCUT2D eigenvalue weighted by molar-refractivity contribution is 0.612. The van der Waals surface area contributed by atoms with Gasteiger partial charge in [-0.25, -0.2) is 9.37 Å². The highest BCUT2D eigenvalue weighted by Gasteiger charge is 2.11. The molecule has 4 heteroatoms. The maximum Gasteiger partial charge on any atom is 0.141 e. The second-order valence-electron chi connectivity index (χ2n) is 4.15. The molecular weight excluding hydrogens is 229 g/mol. The molecule has 1 aromatic rings. The first-order valence-corrected chi connectivity index (χ1v) is 6.43. The van der Waals surface area contributed by atoms with E-state index in [1.807, 2.05) is 13.0 Å². The van der Waals surface area contributed by atoms with E-state index < -0.39 is 0 Å². The fourth-order valence-corrected chi connectivity index (χ4v) is 1.86. The Morgan fingerprint density at radius 2 is 2.28 bits per heavy atom. The zero-order valence-corrected chi connectivity index (χ0v) is 11.2. The van der Waals surface area contributed by atoms with Crippen LogP contribution >= 0.6 is 0 Å². The Balaban J connectivity index is 2.98. The second-order valence-corrected chi connectivity index (χ2v) is 4.15. The zero-order valence-electron chi connectivity index (χ0n) is 11.2. The highest BCUT2D eigenvalue weighted by molar-refractivity contribution is 5.47. The minimum absolute atomic E-state index is 0.290. The summed E-state index contributed by atoms with van der Waals surface area (Å²) in [5, 5.41) is 3.21. The molecule has 1 aromatic heterocycles. The van der Waals surface area contributed by atoms with Gasteiger partial charge in [0.05, 0.1) is 6.20 Å². The second kappa shape index (κ2) is 7.82. The summed E-state index contributed by atoms with van der Waals surface area (Å²) in [6.07, 6.45) is 4.14. The summed E-state index contributed by atoms with van der Waals surface area (Å²) < 4.78 is 13.3. The van der Waals surface area contributed by atoms with Crippen LogP contribution < -0.4 is 10.2 Å². The Kier molecular flexibility index (Phi) is 6.36. The Morgan fingerprint density at radius 1 is 1.50 bits per heavy atom. The quantitative estimate of drug-likeness (QED) is 0.720. The van der Waals surface area contributed by atoms with Crippen LogP contribution in [0.5, 0.6) is 0 Å². The Labute approximate surface area is 109 Å². The molecule has 0 bridgehead atoms. The Hall–Kier alpha value is -1.42. The number of anilines is 1. The number of aromatic nitrogens is 1. The maximum atomic E-state index is 13.3. The number of rotatable bonds is 8.